The van der Waals surface area contributed by atoms with Gasteiger partial charge >= 0.3 is 0 Å². The number of nitrogens with zero attached hydrogens (tertiary/aromatic N) is 3. The zero-order chi connectivity index (χ0) is 17.4. The van der Waals surface area contributed by atoms with Gasteiger partial charge in [-0.3, -0.25) is 9.79 Å². The molecule has 2 rings (SSSR count). The number of carbonyl (C=O) groups is 1. The van der Waals surface area contributed by atoms with E-state index in [1.165, 1.54) is 19.3 Å². The summed E-state index contributed by atoms with van der Waals surface area (Å²) in [4.78, 5) is 21.3. The lowest BCUT2D eigenvalue weighted by Crippen LogP contribution is -2.47. The molecule has 1 amide bonds. The third kappa shape index (κ3) is 7.29. The second kappa shape index (κ2) is 11.9. The van der Waals surface area contributed by atoms with Gasteiger partial charge in [0.1, 0.15) is 0 Å². The molecule has 146 valence electrons. The highest BCUT2D eigenvalue weighted by Gasteiger charge is 2.31. The Morgan fingerprint density at radius 3 is 2.60 bits per heavy atom. The number of halogens is 1. The molecule has 1 saturated heterocycles. The summed E-state index contributed by atoms with van der Waals surface area (Å²) in [5, 5.41) is 6.83. The maximum absolute atomic E-state index is 12.6. The minimum Gasteiger partial charge on any atom is -0.355 e. The van der Waals surface area contributed by atoms with Crippen molar-refractivity contribution in [2.75, 3.05) is 46.8 Å². The van der Waals surface area contributed by atoms with E-state index in [2.05, 4.69) is 39.4 Å². The highest BCUT2D eigenvalue weighted by Crippen LogP contribution is 2.26. The summed E-state index contributed by atoms with van der Waals surface area (Å²) in [7, 11) is 3.92. The average Bonchev–Trinajstić information content (AvgIpc) is 3.09. The van der Waals surface area contributed by atoms with Crippen LogP contribution in [0.2, 0.25) is 0 Å². The highest BCUT2D eigenvalue weighted by atomic mass is 127. The van der Waals surface area contributed by atoms with Crippen LogP contribution < -0.4 is 10.6 Å². The predicted octanol–water partition coefficient (Wildman–Crippen LogP) is 1.90. The fourth-order valence-electron chi connectivity index (χ4n) is 3.60. The molecule has 7 heteroatoms. The number of nitrogens with one attached hydrogen (secondary N) is 2. The van der Waals surface area contributed by atoms with Gasteiger partial charge in [-0.15, -0.1) is 24.0 Å². The van der Waals surface area contributed by atoms with Gasteiger partial charge in [-0.1, -0.05) is 26.2 Å². The summed E-state index contributed by atoms with van der Waals surface area (Å²) < 4.78 is 0. The molecule has 0 spiro atoms. The van der Waals surface area contributed by atoms with E-state index in [1.54, 1.807) is 7.05 Å². The molecule has 1 heterocycles. The van der Waals surface area contributed by atoms with E-state index in [0.717, 1.165) is 57.9 Å². The quantitative estimate of drug-likeness (QED) is 0.358. The Bertz CT molecular complexity index is 426. The fraction of sp³-hybridized carbons (Fsp3) is 0.889. The van der Waals surface area contributed by atoms with Gasteiger partial charge in [-0.25, -0.2) is 0 Å². The summed E-state index contributed by atoms with van der Waals surface area (Å²) in [6, 6.07) is 0.313. The van der Waals surface area contributed by atoms with E-state index >= 15 is 0 Å². The lowest BCUT2D eigenvalue weighted by molar-refractivity contribution is -0.135. The van der Waals surface area contributed by atoms with Crippen molar-refractivity contribution in [2.24, 2.45) is 10.9 Å². The number of hydrogen-bond acceptors (Lipinski definition) is 3. The zero-order valence-electron chi connectivity index (χ0n) is 16.1. The second-order valence-corrected chi connectivity index (χ2v) is 7.14. The van der Waals surface area contributed by atoms with Gasteiger partial charge in [0, 0.05) is 45.2 Å². The summed E-state index contributed by atoms with van der Waals surface area (Å²) in [6.07, 6.45) is 6.91. The van der Waals surface area contributed by atoms with Crippen LogP contribution in [-0.2, 0) is 4.79 Å². The van der Waals surface area contributed by atoms with Crippen LogP contribution in [0.25, 0.3) is 0 Å². The molecule has 1 unspecified atom stereocenters. The molecular formula is C18H36IN5O. The molecule has 0 radical (unpaired) electrons. The van der Waals surface area contributed by atoms with Crippen molar-refractivity contribution in [3.8, 4) is 0 Å². The Morgan fingerprint density at radius 1 is 1.24 bits per heavy atom. The first-order chi connectivity index (χ1) is 11.6. The van der Waals surface area contributed by atoms with E-state index in [1.807, 2.05) is 0 Å². The molecule has 1 saturated carbocycles. The molecule has 2 N–H and O–H groups in total. The third-order valence-corrected chi connectivity index (χ3v) is 5.34. The van der Waals surface area contributed by atoms with Crippen molar-refractivity contribution >= 4 is 35.8 Å². The van der Waals surface area contributed by atoms with Gasteiger partial charge in [0.2, 0.25) is 5.91 Å². The van der Waals surface area contributed by atoms with Gasteiger partial charge in [0.05, 0.1) is 0 Å². The molecular weight excluding hydrogens is 429 g/mol. The van der Waals surface area contributed by atoms with E-state index < -0.39 is 0 Å². The van der Waals surface area contributed by atoms with Gasteiger partial charge in [-0.2, -0.15) is 0 Å². The summed E-state index contributed by atoms with van der Waals surface area (Å²) in [5.41, 5.74) is 0. The van der Waals surface area contributed by atoms with Crippen molar-refractivity contribution in [2.45, 2.75) is 51.5 Å². The van der Waals surface area contributed by atoms with Gasteiger partial charge < -0.3 is 20.4 Å². The molecule has 2 aliphatic rings. The lowest BCUT2D eigenvalue weighted by atomic mass is 9.88. The lowest BCUT2D eigenvalue weighted by Gasteiger charge is -2.26. The van der Waals surface area contributed by atoms with Crippen LogP contribution in [0, 0.1) is 5.92 Å². The Balaban J connectivity index is 0.00000312. The Hall–Kier alpha value is -0.570. The SMILES string of the molecule is CCN(C)CCNC(=NC)NC1CCN(C(=O)C2CCCCC2)C1.I. The van der Waals surface area contributed by atoms with Gasteiger partial charge in [-0.05, 0) is 32.9 Å². The van der Waals surface area contributed by atoms with Crippen molar-refractivity contribution in [1.82, 2.24) is 20.4 Å². The normalized spacial score (nSPS) is 22.0. The minimum atomic E-state index is 0. The first-order valence-electron chi connectivity index (χ1n) is 9.58. The molecule has 2 fully saturated rings. The number of guanidine groups is 1. The number of hydrogen-bond donors (Lipinski definition) is 2. The number of carbonyl (C=O) groups excluding carboxylic acids is 1. The maximum Gasteiger partial charge on any atom is 0.225 e. The van der Waals surface area contributed by atoms with E-state index in [9.17, 15) is 4.79 Å². The second-order valence-electron chi connectivity index (χ2n) is 7.14. The summed E-state index contributed by atoms with van der Waals surface area (Å²) in [5.74, 6) is 1.50. The van der Waals surface area contributed by atoms with Crippen LogP contribution >= 0.6 is 24.0 Å². The molecule has 25 heavy (non-hydrogen) atoms. The van der Waals surface area contributed by atoms with Gasteiger partial charge in [0.15, 0.2) is 5.96 Å². The van der Waals surface area contributed by atoms with Gasteiger partial charge in [0.25, 0.3) is 0 Å². The monoisotopic (exact) mass is 465 g/mol. The Morgan fingerprint density at radius 2 is 1.96 bits per heavy atom. The summed E-state index contributed by atoms with van der Waals surface area (Å²) in [6.45, 7) is 6.77. The minimum absolute atomic E-state index is 0. The van der Waals surface area contributed by atoms with E-state index in [-0.39, 0.29) is 29.9 Å². The molecule has 0 aromatic heterocycles. The summed E-state index contributed by atoms with van der Waals surface area (Å²) >= 11 is 0. The molecule has 0 bridgehead atoms. The van der Waals surface area contributed by atoms with Crippen LogP contribution in [0.1, 0.15) is 45.4 Å². The predicted molar refractivity (Wildman–Crippen MR) is 115 cm³/mol. The third-order valence-electron chi connectivity index (χ3n) is 5.34. The first-order valence-corrected chi connectivity index (χ1v) is 9.58. The molecule has 1 aliphatic heterocycles. The largest absolute Gasteiger partial charge is 0.355 e. The van der Waals surface area contributed by atoms with Crippen molar-refractivity contribution < 1.29 is 4.79 Å². The highest BCUT2D eigenvalue weighted by molar-refractivity contribution is 14.0. The Kier molecular flexibility index (Phi) is 10.7. The molecule has 1 atom stereocenters. The van der Waals surface area contributed by atoms with Crippen LogP contribution in [0.4, 0.5) is 0 Å². The van der Waals surface area contributed by atoms with Crippen molar-refractivity contribution in [3.63, 3.8) is 0 Å². The Labute approximate surface area is 170 Å². The average molecular weight is 465 g/mol. The topological polar surface area (TPSA) is 60.0 Å². The number of amides is 1. The molecule has 1 aliphatic carbocycles. The number of likely N-dealkylation sites (N-methyl/N-ethyl adjacent to an activating group) is 1. The maximum atomic E-state index is 12.6. The molecule has 0 aromatic carbocycles. The number of rotatable bonds is 6. The molecule has 0 aromatic rings. The van der Waals surface area contributed by atoms with Crippen LogP contribution in [0.15, 0.2) is 4.99 Å². The number of likely N-dealkylation sites (tertiary alicyclic amines) is 1. The smallest absolute Gasteiger partial charge is 0.225 e. The zero-order valence-corrected chi connectivity index (χ0v) is 18.4. The number of aliphatic imine (C=N–C) groups is 1. The van der Waals surface area contributed by atoms with Crippen LogP contribution in [0.5, 0.6) is 0 Å². The fourth-order valence-corrected chi connectivity index (χ4v) is 3.60. The van der Waals surface area contributed by atoms with E-state index in [4.69, 9.17) is 0 Å². The van der Waals surface area contributed by atoms with Crippen LogP contribution in [0.3, 0.4) is 0 Å². The van der Waals surface area contributed by atoms with Crippen molar-refractivity contribution in [3.05, 3.63) is 0 Å². The van der Waals surface area contributed by atoms with Crippen molar-refractivity contribution in [1.29, 1.82) is 0 Å². The van der Waals surface area contributed by atoms with Crippen LogP contribution in [-0.4, -0.2) is 74.5 Å². The van der Waals surface area contributed by atoms with E-state index in [0.29, 0.717) is 11.9 Å². The standard InChI is InChI=1S/C18H35N5O.HI/c1-4-22(3)13-11-20-18(19-2)21-16-10-12-23(14-16)17(24)15-8-6-5-7-9-15;/h15-16H,4-14H2,1-3H3,(H2,19,20,21);1H. The molecule has 6 nitrogen and oxygen atoms in total. The first kappa shape index (κ1) is 22.5.